The van der Waals surface area contributed by atoms with E-state index >= 15 is 0 Å². The van der Waals surface area contributed by atoms with Crippen LogP contribution in [0.4, 0.5) is 5.82 Å². The number of pyridine rings is 1. The van der Waals surface area contributed by atoms with Gasteiger partial charge < -0.3 is 19.8 Å². The summed E-state index contributed by atoms with van der Waals surface area (Å²) < 4.78 is 12.9. The first-order valence-corrected chi connectivity index (χ1v) is 10.6. The molecular weight excluding hydrogens is 420 g/mol. The summed E-state index contributed by atoms with van der Waals surface area (Å²) >= 11 is 0. The summed E-state index contributed by atoms with van der Waals surface area (Å²) in [6.07, 6.45) is 3.18. The van der Waals surface area contributed by atoms with E-state index < -0.39 is 0 Å². The summed E-state index contributed by atoms with van der Waals surface area (Å²) in [6.45, 7) is 7.42. The second kappa shape index (κ2) is 7.78. The maximum atomic E-state index is 9.51. The van der Waals surface area contributed by atoms with Gasteiger partial charge in [-0.1, -0.05) is 20.8 Å². The lowest BCUT2D eigenvalue weighted by Gasteiger charge is -2.32. The van der Waals surface area contributed by atoms with Crippen LogP contribution in [-0.4, -0.2) is 42.9 Å². The Morgan fingerprint density at radius 3 is 2.82 bits per heavy atom. The van der Waals surface area contributed by atoms with Crippen molar-refractivity contribution in [2.24, 2.45) is 12.5 Å². The average Bonchev–Trinajstić information content (AvgIpc) is 3.39. The Bertz CT molecular complexity index is 1380. The Morgan fingerprint density at radius 1 is 1.21 bits per heavy atom. The highest BCUT2D eigenvalue weighted by atomic mass is 16.6. The van der Waals surface area contributed by atoms with E-state index in [-0.39, 0.29) is 11.5 Å². The molecule has 0 spiro atoms. The predicted octanol–water partition coefficient (Wildman–Crippen LogP) is 3.60. The van der Waals surface area contributed by atoms with Gasteiger partial charge in [0, 0.05) is 7.05 Å². The van der Waals surface area contributed by atoms with Crippen molar-refractivity contribution < 1.29 is 9.47 Å². The summed E-state index contributed by atoms with van der Waals surface area (Å²) in [6, 6.07) is 7.81. The minimum absolute atomic E-state index is 0.169. The first-order valence-electron chi connectivity index (χ1n) is 10.6. The van der Waals surface area contributed by atoms with Crippen LogP contribution in [0, 0.1) is 16.7 Å². The standard InChI is InChI=1S/C23H24N8O2/c1-23(2,3)19(15-5-6-18-22(29-15)33-8-7-32-18)30-21-13-9-16(28-20(13)25-12-26-21)14-11-27-31(4)17(14)10-24/h5-6,9,11-12,19H,7-8H2,1-4H3,(H2,25,26,28,30)/t19-/m1/s1. The number of hydrogen-bond acceptors (Lipinski definition) is 8. The van der Waals surface area contributed by atoms with Gasteiger partial charge in [-0.2, -0.15) is 10.4 Å². The lowest BCUT2D eigenvalue weighted by Crippen LogP contribution is -2.28. The molecule has 2 N–H and O–H groups in total. The fraction of sp³-hybridized carbons (Fsp3) is 0.348. The molecule has 5 rings (SSSR count). The highest BCUT2D eigenvalue weighted by Gasteiger charge is 2.30. The number of ether oxygens (including phenoxy) is 2. The molecule has 4 aromatic rings. The number of nitrogens with one attached hydrogen (secondary N) is 2. The lowest BCUT2D eigenvalue weighted by molar-refractivity contribution is 0.163. The van der Waals surface area contributed by atoms with Crippen LogP contribution in [-0.2, 0) is 7.05 Å². The number of nitrogens with zero attached hydrogens (tertiary/aromatic N) is 6. The van der Waals surface area contributed by atoms with E-state index in [9.17, 15) is 5.26 Å². The fourth-order valence-corrected chi connectivity index (χ4v) is 3.94. The number of anilines is 1. The summed E-state index contributed by atoms with van der Waals surface area (Å²) in [7, 11) is 1.74. The van der Waals surface area contributed by atoms with Gasteiger partial charge in [-0.3, -0.25) is 4.68 Å². The molecule has 0 amide bonds. The smallest absolute Gasteiger partial charge is 0.257 e. The van der Waals surface area contributed by atoms with Gasteiger partial charge >= 0.3 is 0 Å². The van der Waals surface area contributed by atoms with E-state index in [0.717, 1.165) is 16.8 Å². The number of rotatable bonds is 4. The van der Waals surface area contributed by atoms with Gasteiger partial charge in [0.15, 0.2) is 5.75 Å². The van der Waals surface area contributed by atoms with E-state index in [2.05, 4.69) is 52.2 Å². The zero-order valence-electron chi connectivity index (χ0n) is 18.9. The monoisotopic (exact) mass is 444 g/mol. The molecule has 0 saturated heterocycles. The molecule has 0 aromatic carbocycles. The Morgan fingerprint density at radius 2 is 2.03 bits per heavy atom. The molecule has 0 unspecified atom stereocenters. The van der Waals surface area contributed by atoms with Crippen LogP contribution in [0.15, 0.2) is 30.7 Å². The third kappa shape index (κ3) is 3.71. The maximum absolute atomic E-state index is 9.51. The van der Waals surface area contributed by atoms with E-state index in [1.54, 1.807) is 17.9 Å². The van der Waals surface area contributed by atoms with Crippen molar-refractivity contribution in [3.05, 3.63) is 42.1 Å². The molecule has 1 aliphatic rings. The van der Waals surface area contributed by atoms with Crippen LogP contribution >= 0.6 is 0 Å². The molecule has 0 radical (unpaired) electrons. The van der Waals surface area contributed by atoms with Gasteiger partial charge in [-0.15, -0.1) is 0 Å². The first kappa shape index (κ1) is 20.8. The molecule has 0 fully saturated rings. The van der Waals surface area contributed by atoms with Crippen molar-refractivity contribution in [3.63, 3.8) is 0 Å². The van der Waals surface area contributed by atoms with Crippen molar-refractivity contribution in [1.82, 2.24) is 29.7 Å². The number of nitriles is 1. The molecule has 0 saturated carbocycles. The molecule has 1 aliphatic heterocycles. The molecule has 33 heavy (non-hydrogen) atoms. The van der Waals surface area contributed by atoms with Crippen LogP contribution in [0.1, 0.15) is 38.2 Å². The second-order valence-electron chi connectivity index (χ2n) is 8.99. The maximum Gasteiger partial charge on any atom is 0.257 e. The highest BCUT2D eigenvalue weighted by Crippen LogP contribution is 2.39. The third-order valence-corrected chi connectivity index (χ3v) is 5.63. The van der Waals surface area contributed by atoms with Gasteiger partial charge in [-0.25, -0.2) is 15.0 Å². The zero-order valence-corrected chi connectivity index (χ0v) is 18.9. The second-order valence-corrected chi connectivity index (χ2v) is 8.99. The summed E-state index contributed by atoms with van der Waals surface area (Å²) in [5.41, 5.74) is 3.24. The fourth-order valence-electron chi connectivity index (χ4n) is 3.94. The van der Waals surface area contributed by atoms with Crippen molar-refractivity contribution >= 4 is 16.9 Å². The Hall–Kier alpha value is -4.13. The zero-order chi connectivity index (χ0) is 23.2. The predicted molar refractivity (Wildman–Crippen MR) is 122 cm³/mol. The van der Waals surface area contributed by atoms with Crippen LogP contribution in [0.2, 0.25) is 0 Å². The largest absolute Gasteiger partial charge is 0.484 e. The van der Waals surface area contributed by atoms with E-state index in [0.29, 0.717) is 47.6 Å². The van der Waals surface area contributed by atoms with Gasteiger partial charge in [0.2, 0.25) is 0 Å². The summed E-state index contributed by atoms with van der Waals surface area (Å²) in [4.78, 5) is 16.9. The minimum atomic E-state index is -0.190. The van der Waals surface area contributed by atoms with Crippen LogP contribution in [0.3, 0.4) is 0 Å². The Labute approximate surface area is 190 Å². The van der Waals surface area contributed by atoms with Crippen LogP contribution in [0.5, 0.6) is 11.6 Å². The lowest BCUT2D eigenvalue weighted by atomic mass is 9.84. The normalized spacial score (nSPS) is 14.2. The van der Waals surface area contributed by atoms with Crippen molar-refractivity contribution in [1.29, 1.82) is 5.26 Å². The molecule has 0 bridgehead atoms. The molecule has 4 aromatic heterocycles. The average molecular weight is 444 g/mol. The molecule has 10 heteroatoms. The number of aromatic amines is 1. The van der Waals surface area contributed by atoms with Gasteiger partial charge in [0.1, 0.15) is 42.8 Å². The first-order chi connectivity index (χ1) is 15.8. The van der Waals surface area contributed by atoms with Gasteiger partial charge in [0.25, 0.3) is 5.88 Å². The quantitative estimate of drug-likeness (QED) is 0.489. The van der Waals surface area contributed by atoms with Gasteiger partial charge in [-0.05, 0) is 23.6 Å². The van der Waals surface area contributed by atoms with E-state index in [1.165, 1.54) is 6.33 Å². The van der Waals surface area contributed by atoms with Crippen LogP contribution < -0.4 is 14.8 Å². The molecule has 0 aliphatic carbocycles. The SMILES string of the molecule is Cn1ncc(-c2cc3c(N[C@H](c4ccc5c(n4)OCCO5)C(C)(C)C)ncnc3[nH]2)c1C#N. The number of fused-ring (bicyclic) bond motifs is 2. The number of aryl methyl sites for hydroxylation is 1. The van der Waals surface area contributed by atoms with E-state index in [4.69, 9.17) is 14.5 Å². The molecule has 5 heterocycles. The molecular formula is C23H24N8O2. The molecule has 168 valence electrons. The minimum Gasteiger partial charge on any atom is -0.484 e. The number of aromatic nitrogens is 6. The van der Waals surface area contributed by atoms with Crippen LogP contribution in [0.25, 0.3) is 22.3 Å². The third-order valence-electron chi connectivity index (χ3n) is 5.63. The topological polar surface area (TPSA) is 127 Å². The van der Waals surface area contributed by atoms with Crippen molar-refractivity contribution in [2.45, 2.75) is 26.8 Å². The van der Waals surface area contributed by atoms with Crippen molar-refractivity contribution in [3.8, 4) is 29.0 Å². The Balaban J connectivity index is 1.55. The summed E-state index contributed by atoms with van der Waals surface area (Å²) in [5.74, 6) is 1.83. The number of hydrogen-bond donors (Lipinski definition) is 2. The van der Waals surface area contributed by atoms with Gasteiger partial charge in [0.05, 0.1) is 34.6 Å². The van der Waals surface area contributed by atoms with Crippen molar-refractivity contribution in [2.75, 3.05) is 18.5 Å². The highest BCUT2D eigenvalue weighted by molar-refractivity contribution is 5.92. The Kier molecular flexibility index (Phi) is 4.89. The molecule has 1 atom stereocenters. The molecule has 10 nitrogen and oxygen atoms in total. The van der Waals surface area contributed by atoms with E-state index in [1.807, 2.05) is 18.2 Å². The summed E-state index contributed by atoms with van der Waals surface area (Å²) in [5, 5.41) is 18.1. The number of H-pyrrole nitrogens is 1.